The van der Waals surface area contributed by atoms with Gasteiger partial charge in [-0.15, -0.1) is 0 Å². The van der Waals surface area contributed by atoms with Crippen molar-refractivity contribution in [1.29, 1.82) is 0 Å². The highest BCUT2D eigenvalue weighted by Crippen LogP contribution is 2.22. The summed E-state index contributed by atoms with van der Waals surface area (Å²) in [7, 11) is 0. The molecule has 1 aromatic carbocycles. The molecule has 0 bridgehead atoms. The van der Waals surface area contributed by atoms with Crippen LogP contribution in [0.5, 0.6) is 5.75 Å². The third kappa shape index (κ3) is 4.89. The van der Waals surface area contributed by atoms with Crippen molar-refractivity contribution in [2.24, 2.45) is 5.73 Å². The zero-order valence-corrected chi connectivity index (χ0v) is 17.3. The van der Waals surface area contributed by atoms with E-state index in [4.69, 9.17) is 14.9 Å². The van der Waals surface area contributed by atoms with E-state index >= 15 is 0 Å². The predicted octanol–water partition coefficient (Wildman–Crippen LogP) is 3.94. The lowest BCUT2D eigenvalue weighted by Gasteiger charge is -2.10. The highest BCUT2D eigenvalue weighted by molar-refractivity contribution is 6.06. The monoisotopic (exact) mass is 410 g/mol. The van der Waals surface area contributed by atoms with E-state index in [9.17, 15) is 9.59 Å². The molecule has 2 amide bonds. The normalized spacial score (nSPS) is 11.8. The van der Waals surface area contributed by atoms with Gasteiger partial charge in [0.25, 0.3) is 11.8 Å². The van der Waals surface area contributed by atoms with Crippen LogP contribution in [-0.4, -0.2) is 21.6 Å². The van der Waals surface area contributed by atoms with Crippen molar-refractivity contribution >= 4 is 17.5 Å². The number of anilines is 1. The first kappa shape index (κ1) is 21.2. The number of carbonyl (C=O) groups excluding carboxylic acids is 2. The average molecular weight is 410 g/mol. The number of furan rings is 1. The molecule has 0 aliphatic rings. The van der Waals surface area contributed by atoms with Crippen LogP contribution >= 0.6 is 0 Å². The Hall–Kier alpha value is -3.55. The van der Waals surface area contributed by atoms with E-state index in [1.54, 1.807) is 18.3 Å². The molecule has 3 N–H and O–H groups in total. The summed E-state index contributed by atoms with van der Waals surface area (Å²) in [5.41, 5.74) is 6.83. The number of rotatable bonds is 9. The molecule has 0 aliphatic carbocycles. The molecule has 0 fully saturated rings. The third-order valence-electron chi connectivity index (χ3n) is 4.90. The van der Waals surface area contributed by atoms with Gasteiger partial charge in [0.1, 0.15) is 18.1 Å². The largest absolute Gasteiger partial charge is 0.486 e. The van der Waals surface area contributed by atoms with Crippen molar-refractivity contribution in [3.05, 3.63) is 65.4 Å². The zero-order valence-electron chi connectivity index (χ0n) is 17.3. The average Bonchev–Trinajstić information content (AvgIpc) is 3.39. The summed E-state index contributed by atoms with van der Waals surface area (Å²) in [6.45, 7) is 6.93. The first-order chi connectivity index (χ1) is 14.4. The lowest BCUT2D eigenvalue weighted by Crippen LogP contribution is -2.17. The molecule has 30 heavy (non-hydrogen) atoms. The minimum atomic E-state index is -0.717. The van der Waals surface area contributed by atoms with Crippen LogP contribution in [0.25, 0.3) is 0 Å². The molecular formula is C22H26N4O4. The highest BCUT2D eigenvalue weighted by atomic mass is 16.5. The Morgan fingerprint density at radius 2 is 1.93 bits per heavy atom. The summed E-state index contributed by atoms with van der Waals surface area (Å²) in [6, 6.07) is 11.2. The van der Waals surface area contributed by atoms with Gasteiger partial charge in [-0.2, -0.15) is 5.10 Å². The van der Waals surface area contributed by atoms with E-state index in [1.807, 2.05) is 19.1 Å². The maximum absolute atomic E-state index is 12.5. The summed E-state index contributed by atoms with van der Waals surface area (Å²) in [5, 5.41) is 6.66. The molecule has 8 nitrogen and oxygen atoms in total. The molecule has 0 saturated carbocycles. The molecule has 0 aliphatic heterocycles. The molecule has 3 rings (SSSR count). The van der Waals surface area contributed by atoms with E-state index in [1.165, 1.54) is 10.2 Å². The number of amides is 2. The SMILES string of the molecule is CCC(C)c1ccc(OCc2ccc(C(=O)Nc3cn(CC)nc3C(N)=O)o2)cc1. The van der Waals surface area contributed by atoms with Crippen LogP contribution in [0.15, 0.2) is 47.0 Å². The van der Waals surface area contributed by atoms with Gasteiger partial charge >= 0.3 is 0 Å². The van der Waals surface area contributed by atoms with E-state index in [0.717, 1.165) is 12.2 Å². The van der Waals surface area contributed by atoms with Crippen LogP contribution in [-0.2, 0) is 13.2 Å². The second-order valence-corrected chi connectivity index (χ2v) is 7.00. The number of benzene rings is 1. The Morgan fingerprint density at radius 1 is 1.20 bits per heavy atom. The molecule has 1 atom stereocenters. The number of ether oxygens (including phenoxy) is 1. The van der Waals surface area contributed by atoms with Crippen molar-refractivity contribution in [2.45, 2.75) is 46.3 Å². The van der Waals surface area contributed by atoms with Crippen LogP contribution in [0.2, 0.25) is 0 Å². The van der Waals surface area contributed by atoms with Gasteiger partial charge in [-0.25, -0.2) is 0 Å². The second kappa shape index (κ2) is 9.30. The molecule has 0 spiro atoms. The number of carbonyl (C=O) groups is 2. The number of aryl methyl sites for hydroxylation is 1. The predicted molar refractivity (Wildman–Crippen MR) is 113 cm³/mol. The van der Waals surface area contributed by atoms with E-state index in [0.29, 0.717) is 18.2 Å². The lowest BCUT2D eigenvalue weighted by atomic mass is 9.99. The summed E-state index contributed by atoms with van der Waals surface area (Å²) in [5.74, 6) is 0.612. The topological polar surface area (TPSA) is 112 Å². The Bertz CT molecular complexity index is 1020. The molecule has 3 aromatic rings. The number of hydrogen-bond donors (Lipinski definition) is 2. The summed E-state index contributed by atoms with van der Waals surface area (Å²) in [4.78, 5) is 24.0. The maximum atomic E-state index is 12.5. The van der Waals surface area contributed by atoms with Crippen LogP contribution in [0.3, 0.4) is 0 Å². The lowest BCUT2D eigenvalue weighted by molar-refractivity contribution is 0.0992. The van der Waals surface area contributed by atoms with E-state index < -0.39 is 11.8 Å². The van der Waals surface area contributed by atoms with E-state index in [2.05, 4.69) is 36.4 Å². The van der Waals surface area contributed by atoms with Crippen molar-refractivity contribution < 1.29 is 18.7 Å². The fourth-order valence-corrected chi connectivity index (χ4v) is 2.90. The van der Waals surface area contributed by atoms with Crippen molar-refractivity contribution in [2.75, 3.05) is 5.32 Å². The second-order valence-electron chi connectivity index (χ2n) is 7.00. The molecule has 2 heterocycles. The molecule has 0 saturated heterocycles. The van der Waals surface area contributed by atoms with Crippen LogP contribution in [0.1, 0.15) is 65.5 Å². The van der Waals surface area contributed by atoms with Gasteiger partial charge in [0.15, 0.2) is 11.5 Å². The number of nitrogens with zero attached hydrogens (tertiary/aromatic N) is 2. The van der Waals surface area contributed by atoms with Gasteiger partial charge in [-0.05, 0) is 49.1 Å². The Morgan fingerprint density at radius 3 is 2.57 bits per heavy atom. The molecule has 8 heteroatoms. The number of aromatic nitrogens is 2. The molecule has 158 valence electrons. The number of nitrogens with two attached hydrogens (primary N) is 1. The van der Waals surface area contributed by atoms with Crippen LogP contribution in [0.4, 0.5) is 5.69 Å². The van der Waals surface area contributed by atoms with Crippen molar-refractivity contribution in [3.8, 4) is 5.75 Å². The first-order valence-corrected chi connectivity index (χ1v) is 9.91. The third-order valence-corrected chi connectivity index (χ3v) is 4.90. The Labute approximate surface area is 175 Å². The fraction of sp³-hybridized carbons (Fsp3) is 0.318. The van der Waals surface area contributed by atoms with Crippen molar-refractivity contribution in [1.82, 2.24) is 9.78 Å². The van der Waals surface area contributed by atoms with E-state index in [-0.39, 0.29) is 23.7 Å². The quantitative estimate of drug-likeness (QED) is 0.555. The van der Waals surface area contributed by atoms with Crippen LogP contribution < -0.4 is 15.8 Å². The molecule has 1 unspecified atom stereocenters. The van der Waals surface area contributed by atoms with Gasteiger partial charge in [0, 0.05) is 12.7 Å². The van der Waals surface area contributed by atoms with Gasteiger partial charge < -0.3 is 20.2 Å². The van der Waals surface area contributed by atoms with Gasteiger partial charge in [-0.1, -0.05) is 26.0 Å². The van der Waals surface area contributed by atoms with Crippen LogP contribution in [0, 0.1) is 0 Å². The summed E-state index contributed by atoms with van der Waals surface area (Å²) >= 11 is 0. The molecule has 0 radical (unpaired) electrons. The highest BCUT2D eigenvalue weighted by Gasteiger charge is 2.19. The Kier molecular flexibility index (Phi) is 6.56. The summed E-state index contributed by atoms with van der Waals surface area (Å²) < 4.78 is 12.8. The number of hydrogen-bond acceptors (Lipinski definition) is 5. The molecule has 2 aromatic heterocycles. The zero-order chi connectivity index (χ0) is 21.7. The maximum Gasteiger partial charge on any atom is 0.291 e. The molecular weight excluding hydrogens is 384 g/mol. The van der Waals surface area contributed by atoms with Gasteiger partial charge in [0.2, 0.25) is 0 Å². The standard InChI is InChI=1S/C22H26N4O4/c1-4-14(3)15-6-8-16(9-7-15)29-13-17-10-11-19(30-17)22(28)24-18-12-26(5-2)25-20(18)21(23)27/h6-12,14H,4-5,13H2,1-3H3,(H2,23,27)(H,24,28). The Balaban J connectivity index is 1.61. The fourth-order valence-electron chi connectivity index (χ4n) is 2.90. The minimum absolute atomic E-state index is 0.00107. The van der Waals surface area contributed by atoms with Gasteiger partial charge in [0.05, 0.1) is 5.69 Å². The summed E-state index contributed by atoms with van der Waals surface area (Å²) in [6.07, 6.45) is 2.63. The number of primary amides is 1. The smallest absolute Gasteiger partial charge is 0.291 e. The van der Waals surface area contributed by atoms with Gasteiger partial charge in [-0.3, -0.25) is 14.3 Å². The minimum Gasteiger partial charge on any atom is -0.486 e. The number of nitrogens with one attached hydrogen (secondary N) is 1. The van der Waals surface area contributed by atoms with Crippen molar-refractivity contribution in [3.63, 3.8) is 0 Å². The first-order valence-electron chi connectivity index (χ1n) is 9.91.